The van der Waals surface area contributed by atoms with Crippen LogP contribution in [0.25, 0.3) is 10.9 Å². The van der Waals surface area contributed by atoms with Crippen LogP contribution in [0.15, 0.2) is 30.3 Å². The molecule has 1 aromatic carbocycles. The normalized spacial score (nSPS) is 12.3. The fraction of sp³-hybridized carbons (Fsp3) is 0.333. The summed E-state index contributed by atoms with van der Waals surface area (Å²) in [5.41, 5.74) is 7.64. The molecule has 0 aliphatic heterocycles. The minimum absolute atomic E-state index is 0.0259. The lowest BCUT2D eigenvalue weighted by molar-refractivity contribution is 0.0628. The van der Waals surface area contributed by atoms with Crippen LogP contribution in [-0.4, -0.2) is 42.6 Å². The van der Waals surface area contributed by atoms with Gasteiger partial charge in [-0.05, 0) is 19.1 Å². The number of amides is 1. The molecule has 0 fully saturated rings. The van der Waals surface area contributed by atoms with E-state index in [1.54, 1.807) is 25.1 Å². The number of ether oxygens (including phenoxy) is 1. The van der Waals surface area contributed by atoms with E-state index in [0.717, 1.165) is 10.9 Å². The molecule has 2 aromatic rings. The standard InChI is InChI=1S/C15H19N3O2/c1-10(9-20-3)18(2)15(19)14-8-12(16)11-6-4-5-7-13(11)17-14/h4-8,10H,9H2,1-3H3,(H2,16,17). The van der Waals surface area contributed by atoms with Crippen LogP contribution >= 0.6 is 0 Å². The van der Waals surface area contributed by atoms with Gasteiger partial charge >= 0.3 is 0 Å². The number of nitrogens with two attached hydrogens (primary N) is 1. The van der Waals surface area contributed by atoms with E-state index < -0.39 is 0 Å². The summed E-state index contributed by atoms with van der Waals surface area (Å²) in [6, 6.07) is 9.11. The van der Waals surface area contributed by atoms with Gasteiger partial charge in [0, 0.05) is 25.2 Å². The molecule has 1 unspecified atom stereocenters. The van der Waals surface area contributed by atoms with Crippen molar-refractivity contribution in [2.24, 2.45) is 0 Å². The first kappa shape index (κ1) is 14.3. The van der Waals surface area contributed by atoms with E-state index >= 15 is 0 Å². The van der Waals surface area contributed by atoms with Gasteiger partial charge in [0.25, 0.3) is 5.91 Å². The third-order valence-corrected chi connectivity index (χ3v) is 3.36. The van der Waals surface area contributed by atoms with Gasteiger partial charge in [0.15, 0.2) is 0 Å². The van der Waals surface area contributed by atoms with Crippen molar-refractivity contribution >= 4 is 22.5 Å². The van der Waals surface area contributed by atoms with Crippen molar-refractivity contribution in [2.45, 2.75) is 13.0 Å². The molecule has 106 valence electrons. The van der Waals surface area contributed by atoms with E-state index in [4.69, 9.17) is 10.5 Å². The van der Waals surface area contributed by atoms with Crippen LogP contribution in [0.2, 0.25) is 0 Å². The van der Waals surface area contributed by atoms with Gasteiger partial charge in [0.05, 0.1) is 18.2 Å². The maximum absolute atomic E-state index is 12.4. The predicted molar refractivity (Wildman–Crippen MR) is 79.6 cm³/mol. The Morgan fingerprint density at radius 1 is 1.45 bits per heavy atom. The number of anilines is 1. The lowest BCUT2D eigenvalue weighted by atomic mass is 10.1. The average Bonchev–Trinajstić information content (AvgIpc) is 2.46. The molecule has 0 aliphatic rings. The van der Waals surface area contributed by atoms with Gasteiger partial charge < -0.3 is 15.4 Å². The molecule has 0 saturated heterocycles. The Kier molecular flexibility index (Phi) is 4.20. The number of hydrogen-bond acceptors (Lipinski definition) is 4. The van der Waals surface area contributed by atoms with E-state index in [-0.39, 0.29) is 11.9 Å². The Hall–Kier alpha value is -2.14. The van der Waals surface area contributed by atoms with Crippen LogP contribution in [0.4, 0.5) is 5.69 Å². The first-order valence-electron chi connectivity index (χ1n) is 6.46. The summed E-state index contributed by atoms with van der Waals surface area (Å²) in [6.45, 7) is 2.40. The Bertz CT molecular complexity index is 628. The van der Waals surface area contributed by atoms with Crippen LogP contribution in [0.5, 0.6) is 0 Å². The summed E-state index contributed by atoms with van der Waals surface area (Å²) in [6.07, 6.45) is 0. The number of carbonyl (C=O) groups excluding carboxylic acids is 1. The molecule has 20 heavy (non-hydrogen) atoms. The van der Waals surface area contributed by atoms with Crippen molar-refractivity contribution in [1.82, 2.24) is 9.88 Å². The summed E-state index contributed by atoms with van der Waals surface area (Å²) in [5, 5.41) is 0.858. The van der Waals surface area contributed by atoms with E-state index in [1.165, 1.54) is 0 Å². The zero-order valence-corrected chi connectivity index (χ0v) is 12.0. The maximum atomic E-state index is 12.4. The quantitative estimate of drug-likeness (QED) is 0.924. The fourth-order valence-electron chi connectivity index (χ4n) is 2.05. The smallest absolute Gasteiger partial charge is 0.272 e. The molecule has 2 N–H and O–H groups in total. The predicted octanol–water partition coefficient (Wildman–Crippen LogP) is 1.92. The molecule has 5 nitrogen and oxygen atoms in total. The highest BCUT2D eigenvalue weighted by molar-refractivity contribution is 5.99. The molecule has 5 heteroatoms. The van der Waals surface area contributed by atoms with E-state index in [2.05, 4.69) is 4.98 Å². The zero-order chi connectivity index (χ0) is 14.7. The zero-order valence-electron chi connectivity index (χ0n) is 12.0. The lowest BCUT2D eigenvalue weighted by Gasteiger charge is -2.24. The first-order valence-corrected chi connectivity index (χ1v) is 6.46. The molecule has 2 rings (SSSR count). The number of nitrogens with zero attached hydrogens (tertiary/aromatic N) is 2. The topological polar surface area (TPSA) is 68.5 Å². The number of rotatable bonds is 4. The van der Waals surface area contributed by atoms with Crippen LogP contribution in [0.3, 0.4) is 0 Å². The second-order valence-electron chi connectivity index (χ2n) is 4.83. The fourth-order valence-corrected chi connectivity index (χ4v) is 2.05. The highest BCUT2D eigenvalue weighted by Crippen LogP contribution is 2.20. The van der Waals surface area contributed by atoms with Gasteiger partial charge in [-0.3, -0.25) is 4.79 Å². The second kappa shape index (κ2) is 5.88. The molecule has 1 amide bonds. The van der Waals surface area contributed by atoms with Gasteiger partial charge in [0.1, 0.15) is 5.69 Å². The number of aromatic nitrogens is 1. The molecule has 0 saturated carbocycles. The molecule has 0 radical (unpaired) electrons. The number of hydrogen-bond donors (Lipinski definition) is 1. The Morgan fingerprint density at radius 2 is 2.15 bits per heavy atom. The van der Waals surface area contributed by atoms with E-state index in [1.807, 2.05) is 31.2 Å². The monoisotopic (exact) mass is 273 g/mol. The van der Waals surface area contributed by atoms with Crippen molar-refractivity contribution in [1.29, 1.82) is 0 Å². The molecular weight excluding hydrogens is 254 g/mol. The van der Waals surface area contributed by atoms with Crippen LogP contribution in [0, 0.1) is 0 Å². The van der Waals surface area contributed by atoms with Gasteiger partial charge in [-0.25, -0.2) is 4.98 Å². The molecular formula is C15H19N3O2. The van der Waals surface area contributed by atoms with Crippen LogP contribution < -0.4 is 5.73 Å². The molecule has 0 spiro atoms. The average molecular weight is 273 g/mol. The van der Waals surface area contributed by atoms with Crippen LogP contribution in [-0.2, 0) is 4.74 Å². The van der Waals surface area contributed by atoms with Crippen molar-refractivity contribution in [3.05, 3.63) is 36.0 Å². The molecule has 0 bridgehead atoms. The van der Waals surface area contributed by atoms with Crippen LogP contribution in [0.1, 0.15) is 17.4 Å². The van der Waals surface area contributed by atoms with Crippen molar-refractivity contribution in [3.8, 4) is 0 Å². The maximum Gasteiger partial charge on any atom is 0.272 e. The summed E-state index contributed by atoms with van der Waals surface area (Å²) < 4.78 is 5.07. The number of pyridine rings is 1. The van der Waals surface area contributed by atoms with Gasteiger partial charge in [-0.15, -0.1) is 0 Å². The number of methoxy groups -OCH3 is 1. The minimum Gasteiger partial charge on any atom is -0.398 e. The molecule has 0 aliphatic carbocycles. The number of benzene rings is 1. The van der Waals surface area contributed by atoms with Gasteiger partial charge in [-0.2, -0.15) is 0 Å². The Morgan fingerprint density at radius 3 is 2.85 bits per heavy atom. The number of para-hydroxylation sites is 1. The van der Waals surface area contributed by atoms with Crippen molar-refractivity contribution in [2.75, 3.05) is 26.5 Å². The van der Waals surface area contributed by atoms with Gasteiger partial charge in [0.2, 0.25) is 0 Å². The number of carbonyl (C=O) groups is 1. The molecule has 1 atom stereocenters. The third kappa shape index (κ3) is 2.72. The largest absolute Gasteiger partial charge is 0.398 e. The number of nitrogen functional groups attached to an aromatic ring is 1. The number of likely N-dealkylation sites (N-methyl/N-ethyl adjacent to an activating group) is 1. The van der Waals surface area contributed by atoms with Gasteiger partial charge in [-0.1, -0.05) is 18.2 Å². The Balaban J connectivity index is 2.35. The first-order chi connectivity index (χ1) is 9.54. The SMILES string of the molecule is COCC(C)N(C)C(=O)c1cc(N)c2ccccc2n1. The highest BCUT2D eigenvalue weighted by atomic mass is 16.5. The minimum atomic E-state index is -0.160. The van der Waals surface area contributed by atoms with Crippen molar-refractivity contribution < 1.29 is 9.53 Å². The van der Waals surface area contributed by atoms with Crippen molar-refractivity contribution in [3.63, 3.8) is 0 Å². The summed E-state index contributed by atoms with van der Waals surface area (Å²) >= 11 is 0. The summed E-state index contributed by atoms with van der Waals surface area (Å²) in [4.78, 5) is 18.4. The summed E-state index contributed by atoms with van der Waals surface area (Å²) in [5.74, 6) is -0.160. The highest BCUT2D eigenvalue weighted by Gasteiger charge is 2.19. The Labute approximate surface area is 118 Å². The third-order valence-electron chi connectivity index (χ3n) is 3.36. The number of fused-ring (bicyclic) bond motifs is 1. The summed E-state index contributed by atoms with van der Waals surface area (Å²) in [7, 11) is 3.35. The van der Waals surface area contributed by atoms with E-state index in [9.17, 15) is 4.79 Å². The molecule has 1 aromatic heterocycles. The molecule has 1 heterocycles. The van der Waals surface area contributed by atoms with E-state index in [0.29, 0.717) is 18.0 Å². The second-order valence-corrected chi connectivity index (χ2v) is 4.83. The lowest BCUT2D eigenvalue weighted by Crippen LogP contribution is -2.38.